The summed E-state index contributed by atoms with van der Waals surface area (Å²) < 4.78 is 0. The van der Waals surface area contributed by atoms with Crippen LogP contribution in [0.3, 0.4) is 0 Å². The third-order valence-corrected chi connectivity index (χ3v) is 0.795. The lowest BCUT2D eigenvalue weighted by Crippen LogP contribution is -2.32. The van der Waals surface area contributed by atoms with E-state index in [1.807, 2.05) is 0 Å². The largest absolute Gasteiger partial charge is 0.480 e. The second kappa shape index (κ2) is 9.35. The first-order valence-corrected chi connectivity index (χ1v) is 2.37. The van der Waals surface area contributed by atoms with Crippen LogP contribution < -0.4 is 11.5 Å². The Bertz CT molecular complexity index is 91.3. The van der Waals surface area contributed by atoms with E-state index in [0.29, 0.717) is 13.0 Å². The van der Waals surface area contributed by atoms with Crippen molar-refractivity contribution in [3.8, 4) is 0 Å². The molecule has 0 aliphatic carbocycles. The van der Waals surface area contributed by atoms with Crippen molar-refractivity contribution in [3.05, 3.63) is 0 Å². The minimum Gasteiger partial charge on any atom is -0.480 e. The maximum atomic E-state index is 9.91. The van der Waals surface area contributed by atoms with E-state index in [2.05, 4.69) is 0 Å². The number of hydrogen-bond acceptors (Lipinski definition) is 3. The van der Waals surface area contributed by atoms with Gasteiger partial charge in [0.05, 0.1) is 0 Å². The highest BCUT2D eigenvalue weighted by Crippen LogP contribution is 1.82. The molecule has 64 valence electrons. The summed E-state index contributed by atoms with van der Waals surface area (Å²) in [5.41, 5.74) is 10.1. The van der Waals surface area contributed by atoms with Gasteiger partial charge in [-0.1, -0.05) is 0 Å². The number of aliphatic carboxylic acids is 1. The Labute approximate surface area is 80.5 Å². The van der Waals surface area contributed by atoms with Crippen LogP contribution >= 0.6 is 34.0 Å². The fourth-order valence-electron chi connectivity index (χ4n) is 0.303. The molecule has 0 radical (unpaired) electrons. The summed E-state index contributed by atoms with van der Waals surface area (Å²) in [5, 5.41) is 8.13. The predicted octanol–water partition coefficient (Wildman–Crippen LogP) is -0.0971. The normalized spacial score (nSPS) is 10.6. The van der Waals surface area contributed by atoms with Crippen molar-refractivity contribution in [2.24, 2.45) is 11.5 Å². The number of halogens is 2. The van der Waals surface area contributed by atoms with Gasteiger partial charge in [0.15, 0.2) is 0 Å². The third kappa shape index (κ3) is 8.35. The molecule has 0 aromatic rings. The number of hydrogen-bond donors (Lipinski definition) is 3. The molecule has 4 nitrogen and oxygen atoms in total. The van der Waals surface area contributed by atoms with Gasteiger partial charge in [-0.2, -0.15) is 0 Å². The molecule has 0 aliphatic heterocycles. The molecule has 0 aromatic heterocycles. The van der Waals surface area contributed by atoms with Crippen molar-refractivity contribution in [1.82, 2.24) is 0 Å². The lowest BCUT2D eigenvalue weighted by atomic mass is 10.2. The first-order chi connectivity index (χ1) is 3.68. The van der Waals surface area contributed by atoms with Gasteiger partial charge in [-0.25, -0.2) is 0 Å². The topological polar surface area (TPSA) is 89.3 Å². The molecule has 0 heterocycles. The summed E-state index contributed by atoms with van der Waals surface area (Å²) in [5.74, 6) is -0.990. The molecule has 0 amide bonds. The second-order valence-corrected chi connectivity index (χ2v) is 1.52. The van der Waals surface area contributed by atoms with Gasteiger partial charge in [0.2, 0.25) is 0 Å². The molecule has 0 saturated heterocycles. The second-order valence-electron chi connectivity index (χ2n) is 1.52. The number of rotatable bonds is 3. The Morgan fingerprint density at radius 3 is 2.00 bits per heavy atom. The monoisotopic (exact) mass is 278 g/mol. The van der Waals surface area contributed by atoms with Gasteiger partial charge >= 0.3 is 5.97 Å². The van der Waals surface area contributed by atoms with Gasteiger partial charge in [0.25, 0.3) is 0 Å². The van der Waals surface area contributed by atoms with Gasteiger partial charge in [-0.05, 0) is 13.0 Å². The van der Waals surface area contributed by atoms with Crippen molar-refractivity contribution in [1.29, 1.82) is 0 Å². The van der Waals surface area contributed by atoms with E-state index in [4.69, 9.17) is 16.6 Å². The lowest BCUT2D eigenvalue weighted by Gasteiger charge is -2.00. The molecule has 1 unspecified atom stereocenters. The zero-order valence-corrected chi connectivity index (χ0v) is 8.74. The Kier molecular flexibility index (Phi) is 15.7. The van der Waals surface area contributed by atoms with Crippen LogP contribution in [0.15, 0.2) is 0 Å². The summed E-state index contributed by atoms with van der Waals surface area (Å²) in [7, 11) is 0. The Morgan fingerprint density at radius 2 is 1.90 bits per heavy atom. The van der Waals surface area contributed by atoms with Crippen LogP contribution in [0.4, 0.5) is 0 Å². The highest BCUT2D eigenvalue weighted by Gasteiger charge is 2.07. The van der Waals surface area contributed by atoms with E-state index in [0.717, 1.165) is 0 Å². The van der Waals surface area contributed by atoms with Crippen molar-refractivity contribution < 1.29 is 9.90 Å². The van der Waals surface area contributed by atoms with Crippen LogP contribution in [-0.2, 0) is 4.79 Å². The maximum Gasteiger partial charge on any atom is 0.320 e. The molecular formula is C4H12Br2N2O2. The predicted molar refractivity (Wildman–Crippen MR) is 49.9 cm³/mol. The van der Waals surface area contributed by atoms with Crippen LogP contribution in [-0.4, -0.2) is 23.7 Å². The van der Waals surface area contributed by atoms with Crippen LogP contribution in [0.2, 0.25) is 0 Å². The quantitative estimate of drug-likeness (QED) is 0.673. The molecule has 0 saturated carbocycles. The zero-order chi connectivity index (χ0) is 6.57. The molecular weight excluding hydrogens is 268 g/mol. The molecule has 5 N–H and O–H groups in total. The molecule has 0 rings (SSSR count). The van der Waals surface area contributed by atoms with Crippen molar-refractivity contribution in [2.45, 2.75) is 12.5 Å². The van der Waals surface area contributed by atoms with E-state index in [-0.39, 0.29) is 34.0 Å². The van der Waals surface area contributed by atoms with Gasteiger partial charge in [0.1, 0.15) is 6.04 Å². The lowest BCUT2D eigenvalue weighted by molar-refractivity contribution is -0.138. The summed E-state index contributed by atoms with van der Waals surface area (Å²) in [6.07, 6.45) is 0.343. The molecule has 1 atom stereocenters. The summed E-state index contributed by atoms with van der Waals surface area (Å²) in [6.45, 7) is 0.327. The van der Waals surface area contributed by atoms with Gasteiger partial charge in [-0.3, -0.25) is 4.79 Å². The molecule has 0 aromatic carbocycles. The molecule has 0 fully saturated rings. The average molecular weight is 280 g/mol. The molecule has 0 spiro atoms. The summed E-state index contributed by atoms with van der Waals surface area (Å²) in [6, 6.07) is -0.792. The van der Waals surface area contributed by atoms with Crippen LogP contribution in [0, 0.1) is 0 Å². The van der Waals surface area contributed by atoms with E-state index in [9.17, 15) is 4.79 Å². The molecule has 10 heavy (non-hydrogen) atoms. The number of carboxylic acid groups (broad SMARTS) is 1. The van der Waals surface area contributed by atoms with Crippen molar-refractivity contribution >= 4 is 39.9 Å². The van der Waals surface area contributed by atoms with E-state index >= 15 is 0 Å². The average Bonchev–Trinajstić information content (AvgIpc) is 1.67. The maximum absolute atomic E-state index is 9.91. The summed E-state index contributed by atoms with van der Waals surface area (Å²) >= 11 is 0. The Morgan fingerprint density at radius 1 is 1.50 bits per heavy atom. The van der Waals surface area contributed by atoms with Gasteiger partial charge in [-0.15, -0.1) is 34.0 Å². The zero-order valence-electron chi connectivity index (χ0n) is 5.32. The fraction of sp³-hybridized carbons (Fsp3) is 0.750. The number of nitrogens with two attached hydrogens (primary N) is 2. The molecule has 6 heteroatoms. The molecule has 0 bridgehead atoms. The smallest absolute Gasteiger partial charge is 0.320 e. The van der Waals surface area contributed by atoms with E-state index in [1.54, 1.807) is 0 Å². The van der Waals surface area contributed by atoms with Gasteiger partial charge in [0, 0.05) is 0 Å². The standard InChI is InChI=1S/C4H10N2O2.2BrH/c5-2-1-3(6)4(7)8;;/h3H,1-2,5-6H2,(H,7,8);2*1H. The SMILES string of the molecule is Br.Br.NCCC(N)C(=O)O. The Balaban J connectivity index is -0.000000245. The van der Waals surface area contributed by atoms with Crippen LogP contribution in [0.25, 0.3) is 0 Å². The number of carboxylic acids is 1. The Hall–Kier alpha value is 0.350. The highest BCUT2D eigenvalue weighted by molar-refractivity contribution is 8.93. The van der Waals surface area contributed by atoms with E-state index < -0.39 is 12.0 Å². The highest BCUT2D eigenvalue weighted by atomic mass is 79.9. The third-order valence-electron chi connectivity index (χ3n) is 0.795. The molecule has 0 aliphatic rings. The van der Waals surface area contributed by atoms with E-state index in [1.165, 1.54) is 0 Å². The number of carbonyl (C=O) groups is 1. The van der Waals surface area contributed by atoms with Crippen LogP contribution in [0.1, 0.15) is 6.42 Å². The van der Waals surface area contributed by atoms with Crippen LogP contribution in [0.5, 0.6) is 0 Å². The minimum atomic E-state index is -0.990. The fourth-order valence-corrected chi connectivity index (χ4v) is 0.303. The van der Waals surface area contributed by atoms with Crippen molar-refractivity contribution in [2.75, 3.05) is 6.54 Å². The van der Waals surface area contributed by atoms with Crippen molar-refractivity contribution in [3.63, 3.8) is 0 Å². The first kappa shape index (κ1) is 16.7. The summed E-state index contributed by atoms with van der Waals surface area (Å²) in [4.78, 5) is 9.91. The minimum absolute atomic E-state index is 0. The van der Waals surface area contributed by atoms with Gasteiger partial charge < -0.3 is 16.6 Å². The first-order valence-electron chi connectivity index (χ1n) is 2.37.